The molecule has 2 nitrogen and oxygen atoms in total. The van der Waals surface area contributed by atoms with Crippen LogP contribution in [0, 0.1) is 116 Å². The van der Waals surface area contributed by atoms with Gasteiger partial charge in [-0.15, -0.1) is 21.9 Å². The molecule has 0 unspecified atom stereocenters. The maximum Gasteiger partial charge on any atom is 0.230 e. The summed E-state index contributed by atoms with van der Waals surface area (Å²) in [6.07, 6.45) is -2.24. The van der Waals surface area contributed by atoms with Crippen LogP contribution in [0.4, 0.5) is 87.8 Å². The maximum atomic E-state index is 15.4. The lowest BCUT2D eigenvalue weighted by Crippen LogP contribution is -2.81. The SMILES string of the molecule is CCCO[n+]1ccc2ccccc2c1.Fc1c(F)c(F)c([B-](c2c(F)c(F)c(F)c(F)c2F)(c2c(F)c(F)c(F)c(F)c2F)c2c(F)c(F)c(F)c(F)c2F)c(F)c1F. The first kappa shape index (κ1) is 44.1. The lowest BCUT2D eigenvalue weighted by molar-refractivity contribution is -0.890. The number of rotatable bonds is 7. The highest BCUT2D eigenvalue weighted by atomic mass is 19.2. The second-order valence-corrected chi connectivity index (χ2v) is 12.1. The summed E-state index contributed by atoms with van der Waals surface area (Å²) in [5, 5.41) is 2.44. The van der Waals surface area contributed by atoms with Gasteiger partial charge in [0.1, 0.15) is 52.7 Å². The Morgan fingerprint density at radius 1 is 0.373 bits per heavy atom. The average molecular weight is 867 g/mol. The van der Waals surface area contributed by atoms with Crippen LogP contribution in [0.5, 0.6) is 0 Å². The van der Waals surface area contributed by atoms with Gasteiger partial charge in [-0.25, -0.2) is 87.8 Å². The van der Waals surface area contributed by atoms with Crippen molar-refractivity contribution in [1.29, 1.82) is 0 Å². The van der Waals surface area contributed by atoms with Crippen molar-refractivity contribution < 1.29 is 97.4 Å². The Kier molecular flexibility index (Phi) is 12.2. The monoisotopic (exact) mass is 867 g/mol. The number of aromatic nitrogens is 1. The molecule has 0 saturated carbocycles. The van der Waals surface area contributed by atoms with Crippen LogP contribution in [0.25, 0.3) is 10.8 Å². The molecule has 0 bridgehead atoms. The smallest absolute Gasteiger partial charge is 0.230 e. The molecule has 0 aliphatic carbocycles. The molecule has 1 aromatic heterocycles. The molecule has 0 aliphatic rings. The van der Waals surface area contributed by atoms with Crippen molar-refractivity contribution in [2.24, 2.45) is 0 Å². The molecule has 0 aliphatic heterocycles. The minimum Gasteiger partial charge on any atom is -0.271 e. The van der Waals surface area contributed by atoms with Crippen LogP contribution in [0.15, 0.2) is 42.7 Å². The van der Waals surface area contributed by atoms with Crippen molar-refractivity contribution in [2.45, 2.75) is 13.3 Å². The van der Waals surface area contributed by atoms with Crippen molar-refractivity contribution in [3.05, 3.63) is 159 Å². The number of fused-ring (bicyclic) bond motifs is 1. The number of halogens is 20. The molecule has 59 heavy (non-hydrogen) atoms. The molecule has 6 aromatic rings. The van der Waals surface area contributed by atoms with E-state index < -0.39 is 144 Å². The highest BCUT2D eigenvalue weighted by molar-refractivity contribution is 7.20. The zero-order valence-electron chi connectivity index (χ0n) is 28.4. The molecule has 0 atom stereocenters. The lowest BCUT2D eigenvalue weighted by Gasteiger charge is -2.44. The number of hydrogen-bond acceptors (Lipinski definition) is 1. The van der Waals surface area contributed by atoms with E-state index in [0.29, 0.717) is 0 Å². The van der Waals surface area contributed by atoms with Crippen molar-refractivity contribution >= 4 is 38.8 Å². The minimum absolute atomic E-state index is 0.753. The van der Waals surface area contributed by atoms with Crippen molar-refractivity contribution in [3.8, 4) is 0 Å². The van der Waals surface area contributed by atoms with Gasteiger partial charge < -0.3 is 0 Å². The van der Waals surface area contributed by atoms with E-state index in [1.54, 1.807) is 4.73 Å². The van der Waals surface area contributed by atoms with Gasteiger partial charge in [0.15, 0.2) is 76.4 Å². The van der Waals surface area contributed by atoms with Gasteiger partial charge in [0.05, 0.1) is 5.39 Å². The molecule has 0 spiro atoms. The Balaban J connectivity index is 0.000000395. The van der Waals surface area contributed by atoms with E-state index in [-0.39, 0.29) is 0 Å². The van der Waals surface area contributed by atoms with E-state index in [0.717, 1.165) is 13.0 Å². The summed E-state index contributed by atoms with van der Waals surface area (Å²) in [5.41, 5.74) is -14.3. The van der Waals surface area contributed by atoms with E-state index >= 15 is 35.1 Å². The predicted octanol–water partition coefficient (Wildman–Crippen LogP) is 7.81. The first-order valence-corrected chi connectivity index (χ1v) is 15.9. The Bertz CT molecular complexity index is 2290. The summed E-state index contributed by atoms with van der Waals surface area (Å²) in [6, 6.07) is 10.3. The van der Waals surface area contributed by atoms with Gasteiger partial charge in [-0.1, -0.05) is 25.1 Å². The van der Waals surface area contributed by atoms with Gasteiger partial charge in [0.25, 0.3) is 0 Å². The van der Waals surface area contributed by atoms with Crippen LogP contribution < -0.4 is 31.4 Å². The van der Waals surface area contributed by atoms with Gasteiger partial charge in [-0.3, -0.25) is 4.84 Å². The number of nitrogens with zero attached hydrogens (tertiary/aromatic N) is 1. The molecule has 0 amide bonds. The van der Waals surface area contributed by atoms with Gasteiger partial charge in [0.2, 0.25) is 12.4 Å². The van der Waals surface area contributed by atoms with Crippen LogP contribution in [0.3, 0.4) is 0 Å². The maximum absolute atomic E-state index is 15.4. The van der Waals surface area contributed by atoms with Crippen LogP contribution in [0.1, 0.15) is 13.3 Å². The fourth-order valence-corrected chi connectivity index (χ4v) is 6.27. The highest BCUT2D eigenvalue weighted by Crippen LogP contribution is 2.30. The Hall–Kier alpha value is -6.03. The van der Waals surface area contributed by atoms with Crippen molar-refractivity contribution in [2.75, 3.05) is 6.61 Å². The third-order valence-electron chi connectivity index (χ3n) is 8.81. The molecule has 0 N–H and O–H groups in total. The topological polar surface area (TPSA) is 13.1 Å². The molecule has 0 saturated heterocycles. The van der Waals surface area contributed by atoms with E-state index in [1.807, 2.05) is 24.5 Å². The molecular formula is C36H14BF20NO. The first-order chi connectivity index (χ1) is 27.6. The zero-order valence-corrected chi connectivity index (χ0v) is 28.4. The summed E-state index contributed by atoms with van der Waals surface area (Å²) in [4.78, 5) is 5.48. The fourth-order valence-electron chi connectivity index (χ4n) is 6.27. The van der Waals surface area contributed by atoms with Crippen LogP contribution in [0.2, 0.25) is 0 Å². The molecule has 0 radical (unpaired) electrons. The zero-order chi connectivity index (χ0) is 44.2. The molecule has 0 fully saturated rings. The minimum atomic E-state index is -7.22. The third-order valence-corrected chi connectivity index (χ3v) is 8.81. The second-order valence-electron chi connectivity index (χ2n) is 12.1. The summed E-state index contributed by atoms with van der Waals surface area (Å²) < 4.78 is 296. The standard InChI is InChI=1S/C24BF20.C12H14NO/c26-5-1(6(27)14(35)21(42)13(5)34)25(2-7(28)15(36)22(43)16(37)8(2)29,3-9(30)17(38)23(44)18(39)10(3)31)4-11(32)19(40)24(45)20(41)12(4)33;1-2-9-14-13-8-7-11-5-3-4-6-12(11)10-13/h;3-8,10H,2,9H2,1H3/q-1;+1. The van der Waals surface area contributed by atoms with Crippen molar-refractivity contribution in [1.82, 2.24) is 0 Å². The lowest BCUT2D eigenvalue weighted by atomic mass is 9.12. The quantitative estimate of drug-likeness (QED) is 0.0525. The van der Waals surface area contributed by atoms with E-state index in [1.165, 1.54) is 10.8 Å². The van der Waals surface area contributed by atoms with Gasteiger partial charge in [-0.2, -0.15) is 0 Å². The highest BCUT2D eigenvalue weighted by Gasteiger charge is 2.52. The van der Waals surface area contributed by atoms with Gasteiger partial charge in [0, 0.05) is 10.8 Å². The number of benzene rings is 5. The Labute approximate surface area is 315 Å². The molecule has 23 heteroatoms. The molecule has 5 aromatic carbocycles. The van der Waals surface area contributed by atoms with E-state index in [4.69, 9.17) is 4.84 Å². The normalized spacial score (nSPS) is 11.6. The van der Waals surface area contributed by atoms with Crippen LogP contribution in [-0.4, -0.2) is 12.8 Å². The summed E-state index contributed by atoms with van der Waals surface area (Å²) >= 11 is 0. The largest absolute Gasteiger partial charge is 0.271 e. The fraction of sp³-hybridized carbons (Fsp3) is 0.0833. The summed E-state index contributed by atoms with van der Waals surface area (Å²) in [6.45, 7) is 2.85. The van der Waals surface area contributed by atoms with Crippen molar-refractivity contribution in [3.63, 3.8) is 0 Å². The predicted molar refractivity (Wildman–Crippen MR) is 165 cm³/mol. The van der Waals surface area contributed by atoms with E-state index in [9.17, 15) is 52.7 Å². The molecule has 1 heterocycles. The molecule has 312 valence electrons. The third kappa shape index (κ3) is 6.82. The van der Waals surface area contributed by atoms with E-state index in [2.05, 4.69) is 25.1 Å². The average Bonchev–Trinajstić information content (AvgIpc) is 3.22. The first-order valence-electron chi connectivity index (χ1n) is 15.9. The Morgan fingerprint density at radius 2 is 0.627 bits per heavy atom. The molecular weight excluding hydrogens is 853 g/mol. The van der Waals surface area contributed by atoms with Gasteiger partial charge >= 0.3 is 0 Å². The summed E-state index contributed by atoms with van der Waals surface area (Å²) in [5.74, 6) is -71.4. The van der Waals surface area contributed by atoms with Gasteiger partial charge in [-0.05, 0) is 17.9 Å². The number of pyridine rings is 1. The number of hydrogen-bond donors (Lipinski definition) is 0. The molecule has 6 rings (SSSR count). The Morgan fingerprint density at radius 3 is 0.898 bits per heavy atom. The van der Waals surface area contributed by atoms with Crippen LogP contribution >= 0.6 is 0 Å². The summed E-state index contributed by atoms with van der Waals surface area (Å²) in [7, 11) is 0. The second kappa shape index (κ2) is 16.3. The van der Waals surface area contributed by atoms with Crippen LogP contribution in [-0.2, 0) is 0 Å².